The van der Waals surface area contributed by atoms with Crippen molar-refractivity contribution in [2.24, 2.45) is 0 Å². The zero-order valence-electron chi connectivity index (χ0n) is 11.8. The van der Waals surface area contributed by atoms with Gasteiger partial charge in [0.1, 0.15) is 11.9 Å². The van der Waals surface area contributed by atoms with Gasteiger partial charge in [-0.3, -0.25) is 4.79 Å². The number of nitriles is 1. The Kier molecular flexibility index (Phi) is 3.69. The maximum atomic E-state index is 11.3. The van der Waals surface area contributed by atoms with E-state index in [-0.39, 0.29) is 11.6 Å². The van der Waals surface area contributed by atoms with Gasteiger partial charge in [-0.15, -0.1) is 0 Å². The fourth-order valence-corrected chi connectivity index (χ4v) is 2.67. The molecule has 3 heterocycles. The third-order valence-electron chi connectivity index (χ3n) is 3.71. The molecule has 0 spiro atoms. The Morgan fingerprint density at radius 2 is 2.23 bits per heavy atom. The minimum atomic E-state index is -0.217. The molecular formula is C14H13ClN6O. The average Bonchev–Trinajstić information content (AvgIpc) is 2.45. The van der Waals surface area contributed by atoms with Gasteiger partial charge in [-0.2, -0.15) is 10.4 Å². The molecule has 22 heavy (non-hydrogen) atoms. The highest BCUT2D eigenvalue weighted by Crippen LogP contribution is 2.28. The molecule has 0 saturated carbocycles. The molecule has 2 aromatic heterocycles. The topological polar surface area (TPSA) is 88.9 Å². The SMILES string of the molecule is CN(c1ncc(C#N)cc1Cl)C1CN(c2cn[nH]c(=O)c2)C1. The number of aromatic nitrogens is 3. The van der Waals surface area contributed by atoms with Crippen LogP contribution < -0.4 is 15.4 Å². The van der Waals surface area contributed by atoms with E-state index < -0.39 is 0 Å². The molecule has 0 radical (unpaired) electrons. The van der Waals surface area contributed by atoms with Crippen molar-refractivity contribution in [1.82, 2.24) is 15.2 Å². The van der Waals surface area contributed by atoms with E-state index in [1.54, 1.807) is 12.3 Å². The van der Waals surface area contributed by atoms with Crippen molar-refractivity contribution in [2.45, 2.75) is 6.04 Å². The fourth-order valence-electron chi connectivity index (χ4n) is 2.37. The number of rotatable bonds is 3. The van der Waals surface area contributed by atoms with Crippen LogP contribution in [0.1, 0.15) is 5.56 Å². The van der Waals surface area contributed by atoms with E-state index in [1.165, 1.54) is 12.3 Å². The van der Waals surface area contributed by atoms with Crippen LogP contribution in [0.15, 0.2) is 29.3 Å². The van der Waals surface area contributed by atoms with E-state index in [1.807, 2.05) is 18.0 Å². The largest absolute Gasteiger partial charge is 0.366 e. The summed E-state index contributed by atoms with van der Waals surface area (Å²) >= 11 is 6.18. The number of likely N-dealkylation sites (N-methyl/N-ethyl adjacent to an activating group) is 1. The summed E-state index contributed by atoms with van der Waals surface area (Å²) in [5.74, 6) is 0.648. The van der Waals surface area contributed by atoms with Gasteiger partial charge in [-0.1, -0.05) is 11.6 Å². The molecule has 1 fully saturated rings. The van der Waals surface area contributed by atoms with Gasteiger partial charge >= 0.3 is 0 Å². The van der Waals surface area contributed by atoms with Crippen LogP contribution >= 0.6 is 11.6 Å². The zero-order valence-corrected chi connectivity index (χ0v) is 12.6. The van der Waals surface area contributed by atoms with Gasteiger partial charge in [0.25, 0.3) is 5.56 Å². The molecule has 112 valence electrons. The van der Waals surface area contributed by atoms with Crippen LogP contribution in [0.4, 0.5) is 11.5 Å². The van der Waals surface area contributed by atoms with E-state index in [2.05, 4.69) is 20.1 Å². The van der Waals surface area contributed by atoms with Crippen LogP contribution in [0.2, 0.25) is 5.02 Å². The van der Waals surface area contributed by atoms with Gasteiger partial charge in [0.05, 0.1) is 28.5 Å². The van der Waals surface area contributed by atoms with E-state index in [4.69, 9.17) is 16.9 Å². The van der Waals surface area contributed by atoms with Gasteiger partial charge in [0, 0.05) is 32.4 Å². The van der Waals surface area contributed by atoms with E-state index in [0.29, 0.717) is 16.4 Å². The van der Waals surface area contributed by atoms with Gasteiger partial charge in [0.15, 0.2) is 0 Å². The Morgan fingerprint density at radius 1 is 1.45 bits per heavy atom. The average molecular weight is 317 g/mol. The molecule has 0 aromatic carbocycles. The minimum Gasteiger partial charge on any atom is -0.366 e. The maximum absolute atomic E-state index is 11.3. The lowest BCUT2D eigenvalue weighted by atomic mass is 10.1. The standard InChI is InChI=1S/C14H13ClN6O/c1-20(14-12(15)2-9(4-16)5-17-14)11-7-21(8-11)10-3-13(22)19-18-6-10/h2-3,5-6,11H,7-8H2,1H3,(H,19,22). The molecule has 0 atom stereocenters. The monoisotopic (exact) mass is 316 g/mol. The number of nitrogens with zero attached hydrogens (tertiary/aromatic N) is 5. The van der Waals surface area contributed by atoms with Crippen molar-refractivity contribution in [1.29, 1.82) is 5.26 Å². The summed E-state index contributed by atoms with van der Waals surface area (Å²) in [4.78, 5) is 19.6. The van der Waals surface area contributed by atoms with Gasteiger partial charge in [-0.05, 0) is 6.07 Å². The van der Waals surface area contributed by atoms with E-state index in [9.17, 15) is 4.79 Å². The molecule has 1 saturated heterocycles. The van der Waals surface area contributed by atoms with E-state index >= 15 is 0 Å². The van der Waals surface area contributed by atoms with Gasteiger partial charge in [-0.25, -0.2) is 10.1 Å². The maximum Gasteiger partial charge on any atom is 0.266 e. The number of halogens is 1. The van der Waals surface area contributed by atoms with Crippen molar-refractivity contribution in [3.8, 4) is 6.07 Å². The Labute approximate surface area is 131 Å². The predicted molar refractivity (Wildman–Crippen MR) is 83.2 cm³/mol. The molecule has 0 unspecified atom stereocenters. The second kappa shape index (κ2) is 5.66. The summed E-state index contributed by atoms with van der Waals surface area (Å²) in [5.41, 5.74) is 1.02. The van der Waals surface area contributed by atoms with Crippen molar-refractivity contribution in [2.75, 3.05) is 29.9 Å². The molecule has 7 nitrogen and oxygen atoms in total. The molecule has 0 amide bonds. The molecule has 1 aliphatic rings. The van der Waals surface area contributed by atoms with Crippen LogP contribution in [0, 0.1) is 11.3 Å². The number of pyridine rings is 1. The van der Waals surface area contributed by atoms with Crippen LogP contribution in [0.25, 0.3) is 0 Å². The summed E-state index contributed by atoms with van der Waals surface area (Å²) in [6, 6.07) is 5.38. The molecule has 2 aromatic rings. The zero-order chi connectivity index (χ0) is 15.7. The molecular weight excluding hydrogens is 304 g/mol. The summed E-state index contributed by atoms with van der Waals surface area (Å²) in [6.07, 6.45) is 3.14. The van der Waals surface area contributed by atoms with Crippen molar-refractivity contribution in [3.05, 3.63) is 45.5 Å². The molecule has 3 rings (SSSR count). The smallest absolute Gasteiger partial charge is 0.266 e. The Morgan fingerprint density at radius 3 is 2.86 bits per heavy atom. The molecule has 0 aliphatic carbocycles. The van der Waals surface area contributed by atoms with Crippen molar-refractivity contribution >= 4 is 23.1 Å². The summed E-state index contributed by atoms with van der Waals surface area (Å²) in [6.45, 7) is 1.50. The molecule has 1 aliphatic heterocycles. The predicted octanol–water partition coefficient (Wildman–Crippen LogP) is 1.01. The van der Waals surface area contributed by atoms with Crippen LogP contribution in [-0.2, 0) is 0 Å². The highest BCUT2D eigenvalue weighted by atomic mass is 35.5. The van der Waals surface area contributed by atoms with Crippen molar-refractivity contribution < 1.29 is 0 Å². The van der Waals surface area contributed by atoms with Crippen LogP contribution in [0.5, 0.6) is 0 Å². The van der Waals surface area contributed by atoms with Gasteiger partial charge in [0.2, 0.25) is 0 Å². The highest BCUT2D eigenvalue weighted by molar-refractivity contribution is 6.33. The van der Waals surface area contributed by atoms with E-state index in [0.717, 1.165) is 18.8 Å². The first-order chi connectivity index (χ1) is 10.6. The number of aromatic amines is 1. The Bertz CT molecular complexity index is 792. The fraction of sp³-hybridized carbons (Fsp3) is 0.286. The summed E-state index contributed by atoms with van der Waals surface area (Å²) in [5, 5.41) is 15.4. The van der Waals surface area contributed by atoms with Crippen molar-refractivity contribution in [3.63, 3.8) is 0 Å². The first-order valence-electron chi connectivity index (χ1n) is 6.66. The number of hydrogen-bond donors (Lipinski definition) is 1. The summed E-state index contributed by atoms with van der Waals surface area (Å²) < 4.78 is 0. The second-order valence-corrected chi connectivity index (χ2v) is 5.52. The number of hydrogen-bond acceptors (Lipinski definition) is 6. The quantitative estimate of drug-likeness (QED) is 0.909. The lowest BCUT2D eigenvalue weighted by Gasteiger charge is -2.45. The summed E-state index contributed by atoms with van der Waals surface area (Å²) in [7, 11) is 1.91. The lowest BCUT2D eigenvalue weighted by Crippen LogP contribution is -2.59. The minimum absolute atomic E-state index is 0.217. The molecule has 8 heteroatoms. The highest BCUT2D eigenvalue weighted by Gasteiger charge is 2.32. The number of H-pyrrole nitrogens is 1. The van der Waals surface area contributed by atoms with Crippen LogP contribution in [-0.4, -0.2) is 41.4 Å². The van der Waals surface area contributed by atoms with Gasteiger partial charge < -0.3 is 9.80 Å². The third kappa shape index (κ3) is 2.61. The van der Waals surface area contributed by atoms with Crippen LogP contribution in [0.3, 0.4) is 0 Å². The molecule has 0 bridgehead atoms. The Balaban J connectivity index is 1.70. The Hall–Kier alpha value is -2.59. The number of anilines is 2. The third-order valence-corrected chi connectivity index (χ3v) is 3.99. The first-order valence-corrected chi connectivity index (χ1v) is 7.04. The normalized spacial score (nSPS) is 14.3. The number of nitrogens with one attached hydrogen (secondary N) is 1. The first kappa shape index (κ1) is 14.4. The second-order valence-electron chi connectivity index (χ2n) is 5.11. The molecule has 1 N–H and O–H groups in total. The lowest BCUT2D eigenvalue weighted by molar-refractivity contribution is 0.493.